The molecule has 0 saturated carbocycles. The van der Waals surface area contributed by atoms with Crippen LogP contribution in [0.4, 0.5) is 0 Å². The van der Waals surface area contributed by atoms with Crippen molar-refractivity contribution in [2.75, 3.05) is 0 Å². The molecule has 0 saturated heterocycles. The summed E-state index contributed by atoms with van der Waals surface area (Å²) >= 11 is 0. The van der Waals surface area contributed by atoms with Crippen molar-refractivity contribution in [3.05, 3.63) is 48.3 Å². The van der Waals surface area contributed by atoms with Gasteiger partial charge < -0.3 is 0 Å². The van der Waals surface area contributed by atoms with E-state index in [1.54, 1.807) is 0 Å². The van der Waals surface area contributed by atoms with Crippen molar-refractivity contribution in [2.45, 2.75) is 32.7 Å². The molecule has 2 atom stereocenters. The molecule has 0 bridgehead atoms. The van der Waals surface area contributed by atoms with Crippen molar-refractivity contribution in [3.8, 4) is 5.69 Å². The smallest absolute Gasteiger partial charge is 0.0645 e. The van der Waals surface area contributed by atoms with Gasteiger partial charge in [-0.05, 0) is 24.5 Å². The molecule has 19 heavy (non-hydrogen) atoms. The number of benzene rings is 1. The highest BCUT2D eigenvalue weighted by Gasteiger charge is 2.19. The van der Waals surface area contributed by atoms with E-state index in [0.717, 1.165) is 24.1 Å². The maximum atomic E-state index is 5.70. The molecular weight excluding hydrogens is 236 g/mol. The number of nitrogens with zero attached hydrogens (tertiary/aromatic N) is 2. The van der Waals surface area contributed by atoms with Crippen LogP contribution >= 0.6 is 0 Å². The average molecular weight is 258 g/mol. The number of hydrogen-bond acceptors (Lipinski definition) is 3. The lowest BCUT2D eigenvalue weighted by Crippen LogP contribution is -2.32. The van der Waals surface area contributed by atoms with Crippen molar-refractivity contribution < 1.29 is 0 Å². The summed E-state index contributed by atoms with van der Waals surface area (Å²) in [5.74, 6) is 6.19. The minimum absolute atomic E-state index is 0.150. The Morgan fingerprint density at radius 2 is 2.05 bits per heavy atom. The third-order valence-electron chi connectivity index (χ3n) is 3.48. The van der Waals surface area contributed by atoms with Crippen molar-refractivity contribution >= 4 is 0 Å². The molecule has 1 heterocycles. The number of hydrazine groups is 1. The summed E-state index contributed by atoms with van der Waals surface area (Å²) in [7, 11) is 0. The highest BCUT2D eigenvalue weighted by Crippen LogP contribution is 2.25. The molecule has 2 unspecified atom stereocenters. The van der Waals surface area contributed by atoms with Crippen LogP contribution in [0, 0.1) is 5.92 Å². The highest BCUT2D eigenvalue weighted by molar-refractivity contribution is 5.31. The molecule has 4 heteroatoms. The van der Waals surface area contributed by atoms with Gasteiger partial charge in [-0.25, -0.2) is 4.68 Å². The first-order chi connectivity index (χ1) is 9.26. The fourth-order valence-electron chi connectivity index (χ4n) is 2.43. The van der Waals surface area contributed by atoms with E-state index in [4.69, 9.17) is 5.84 Å². The van der Waals surface area contributed by atoms with Crippen LogP contribution in [0.5, 0.6) is 0 Å². The Bertz CT molecular complexity index is 492. The van der Waals surface area contributed by atoms with Crippen LogP contribution in [-0.4, -0.2) is 9.78 Å². The van der Waals surface area contributed by atoms with Gasteiger partial charge in [0, 0.05) is 11.8 Å². The molecule has 102 valence electrons. The zero-order valence-corrected chi connectivity index (χ0v) is 11.6. The van der Waals surface area contributed by atoms with E-state index in [1.165, 1.54) is 0 Å². The summed E-state index contributed by atoms with van der Waals surface area (Å²) in [5, 5.41) is 4.42. The van der Waals surface area contributed by atoms with Crippen LogP contribution in [0.15, 0.2) is 42.7 Å². The second kappa shape index (κ2) is 6.50. The van der Waals surface area contributed by atoms with Gasteiger partial charge in [-0.1, -0.05) is 38.5 Å². The van der Waals surface area contributed by atoms with Crippen molar-refractivity contribution in [3.63, 3.8) is 0 Å². The first kappa shape index (κ1) is 13.8. The number of rotatable bonds is 6. The van der Waals surface area contributed by atoms with E-state index in [-0.39, 0.29) is 6.04 Å². The number of para-hydroxylation sites is 1. The van der Waals surface area contributed by atoms with Crippen LogP contribution < -0.4 is 11.3 Å². The molecule has 0 fully saturated rings. The van der Waals surface area contributed by atoms with E-state index in [2.05, 4.69) is 24.4 Å². The van der Waals surface area contributed by atoms with Crippen LogP contribution in [0.3, 0.4) is 0 Å². The van der Waals surface area contributed by atoms with E-state index in [0.29, 0.717) is 5.92 Å². The van der Waals surface area contributed by atoms with E-state index in [1.807, 2.05) is 47.4 Å². The normalized spacial score (nSPS) is 14.3. The topological polar surface area (TPSA) is 55.9 Å². The maximum absolute atomic E-state index is 5.70. The lowest BCUT2D eigenvalue weighted by atomic mass is 9.93. The summed E-state index contributed by atoms with van der Waals surface area (Å²) in [6.45, 7) is 4.41. The Morgan fingerprint density at radius 1 is 1.32 bits per heavy atom. The zero-order valence-electron chi connectivity index (χ0n) is 11.6. The SMILES string of the molecule is CCCC(C)C(NN)c1cnn(-c2ccccc2)c1. The van der Waals surface area contributed by atoms with Gasteiger partial charge >= 0.3 is 0 Å². The van der Waals surface area contributed by atoms with Crippen LogP contribution in [0.1, 0.15) is 38.3 Å². The van der Waals surface area contributed by atoms with Gasteiger partial charge in [0.2, 0.25) is 0 Å². The Balaban J connectivity index is 2.20. The van der Waals surface area contributed by atoms with Gasteiger partial charge in [-0.15, -0.1) is 0 Å². The largest absolute Gasteiger partial charge is 0.271 e. The summed E-state index contributed by atoms with van der Waals surface area (Å²) in [6, 6.07) is 10.2. The summed E-state index contributed by atoms with van der Waals surface area (Å²) in [4.78, 5) is 0. The Labute approximate surface area is 114 Å². The molecule has 0 spiro atoms. The molecule has 1 aromatic heterocycles. The predicted molar refractivity (Wildman–Crippen MR) is 77.7 cm³/mol. The zero-order chi connectivity index (χ0) is 13.7. The van der Waals surface area contributed by atoms with Gasteiger partial charge in [-0.2, -0.15) is 5.10 Å². The van der Waals surface area contributed by atoms with Crippen LogP contribution in [0.2, 0.25) is 0 Å². The summed E-state index contributed by atoms with van der Waals surface area (Å²) < 4.78 is 1.89. The number of nitrogens with one attached hydrogen (secondary N) is 1. The lowest BCUT2D eigenvalue weighted by molar-refractivity contribution is 0.368. The minimum Gasteiger partial charge on any atom is -0.271 e. The molecule has 0 radical (unpaired) electrons. The van der Waals surface area contributed by atoms with Gasteiger partial charge in [0.25, 0.3) is 0 Å². The number of hydrogen-bond donors (Lipinski definition) is 2. The minimum atomic E-state index is 0.150. The molecule has 0 aliphatic rings. The third-order valence-corrected chi connectivity index (χ3v) is 3.48. The standard InChI is InChI=1S/C15H22N4/c1-3-7-12(2)15(18-16)13-10-17-19(11-13)14-8-5-4-6-9-14/h4-6,8-12,15,18H,3,7,16H2,1-2H3. The van der Waals surface area contributed by atoms with Crippen molar-refractivity contribution in [2.24, 2.45) is 11.8 Å². The van der Waals surface area contributed by atoms with Gasteiger partial charge in [0.15, 0.2) is 0 Å². The number of nitrogens with two attached hydrogens (primary N) is 1. The average Bonchev–Trinajstić information content (AvgIpc) is 2.90. The fraction of sp³-hybridized carbons (Fsp3) is 0.400. The molecular formula is C15H22N4. The summed E-state index contributed by atoms with van der Waals surface area (Å²) in [6.07, 6.45) is 6.24. The van der Waals surface area contributed by atoms with E-state index < -0.39 is 0 Å². The fourth-order valence-corrected chi connectivity index (χ4v) is 2.43. The summed E-state index contributed by atoms with van der Waals surface area (Å²) in [5.41, 5.74) is 5.11. The molecule has 0 aliphatic heterocycles. The van der Waals surface area contributed by atoms with Crippen molar-refractivity contribution in [1.82, 2.24) is 15.2 Å². The number of aromatic nitrogens is 2. The molecule has 2 aromatic rings. The molecule has 3 N–H and O–H groups in total. The van der Waals surface area contributed by atoms with Gasteiger partial charge in [-0.3, -0.25) is 11.3 Å². The molecule has 4 nitrogen and oxygen atoms in total. The third kappa shape index (κ3) is 3.22. The van der Waals surface area contributed by atoms with Crippen LogP contribution in [0.25, 0.3) is 5.69 Å². The highest BCUT2D eigenvalue weighted by atomic mass is 15.3. The van der Waals surface area contributed by atoms with E-state index >= 15 is 0 Å². The molecule has 0 amide bonds. The predicted octanol–water partition coefficient (Wildman–Crippen LogP) is 2.81. The molecule has 2 rings (SSSR count). The van der Waals surface area contributed by atoms with E-state index in [9.17, 15) is 0 Å². The first-order valence-electron chi connectivity index (χ1n) is 6.82. The van der Waals surface area contributed by atoms with Gasteiger partial charge in [0.1, 0.15) is 0 Å². The van der Waals surface area contributed by atoms with Crippen LogP contribution in [-0.2, 0) is 0 Å². The van der Waals surface area contributed by atoms with Crippen molar-refractivity contribution in [1.29, 1.82) is 0 Å². The first-order valence-corrected chi connectivity index (χ1v) is 6.82. The monoisotopic (exact) mass is 258 g/mol. The second-order valence-electron chi connectivity index (χ2n) is 4.96. The Kier molecular flexibility index (Phi) is 4.71. The Morgan fingerprint density at radius 3 is 2.68 bits per heavy atom. The van der Waals surface area contributed by atoms with Gasteiger partial charge in [0.05, 0.1) is 17.9 Å². The quantitative estimate of drug-likeness (QED) is 0.619. The molecule has 1 aromatic carbocycles. The second-order valence-corrected chi connectivity index (χ2v) is 4.96. The lowest BCUT2D eigenvalue weighted by Gasteiger charge is -2.21. The maximum Gasteiger partial charge on any atom is 0.0645 e. The Hall–Kier alpha value is -1.65. The molecule has 0 aliphatic carbocycles.